The summed E-state index contributed by atoms with van der Waals surface area (Å²) in [6.45, 7) is 10.3. The summed E-state index contributed by atoms with van der Waals surface area (Å²) in [6, 6.07) is 9.73. The predicted octanol–water partition coefficient (Wildman–Crippen LogP) is 4.24. The molecule has 0 spiro atoms. The Morgan fingerprint density at radius 3 is 1.85 bits per heavy atom. The molecule has 5 nitrogen and oxygen atoms in total. The number of allylic oxidation sites excluding steroid dienone is 2. The molecule has 148 valence electrons. The SMILES string of the molecule is CCCOC(=O)C(C(=O)OCCC)=C(N)/C=C(\c1ccccc1)C(C)(C)C. The van der Waals surface area contributed by atoms with Crippen molar-refractivity contribution in [1.82, 2.24) is 0 Å². The van der Waals surface area contributed by atoms with Gasteiger partial charge in [-0.05, 0) is 35.5 Å². The molecule has 0 saturated heterocycles. The summed E-state index contributed by atoms with van der Waals surface area (Å²) in [5.74, 6) is -1.51. The predicted molar refractivity (Wildman–Crippen MR) is 108 cm³/mol. The smallest absolute Gasteiger partial charge is 0.347 e. The molecule has 0 amide bonds. The van der Waals surface area contributed by atoms with Crippen LogP contribution in [0.15, 0.2) is 47.7 Å². The Bertz CT molecular complexity index is 675. The lowest BCUT2D eigenvalue weighted by Crippen LogP contribution is -2.23. The molecule has 0 aliphatic carbocycles. The van der Waals surface area contributed by atoms with E-state index in [1.807, 2.05) is 65.0 Å². The maximum atomic E-state index is 12.4. The summed E-state index contributed by atoms with van der Waals surface area (Å²) >= 11 is 0. The van der Waals surface area contributed by atoms with E-state index in [9.17, 15) is 9.59 Å². The van der Waals surface area contributed by atoms with Gasteiger partial charge in [0, 0.05) is 0 Å². The summed E-state index contributed by atoms with van der Waals surface area (Å²) in [5, 5.41) is 0. The maximum Gasteiger partial charge on any atom is 0.347 e. The number of rotatable bonds is 8. The molecule has 0 fully saturated rings. The van der Waals surface area contributed by atoms with Crippen molar-refractivity contribution in [3.05, 3.63) is 53.2 Å². The standard InChI is InChI=1S/C22H31NO4/c1-6-13-26-20(24)19(21(25)27-14-7-2)18(23)15-17(22(3,4)5)16-11-9-8-10-12-16/h8-12,15H,6-7,13-14,23H2,1-5H3/b17-15+. The zero-order valence-electron chi connectivity index (χ0n) is 17.0. The average Bonchev–Trinajstić information content (AvgIpc) is 2.62. The monoisotopic (exact) mass is 373 g/mol. The van der Waals surface area contributed by atoms with Crippen LogP contribution < -0.4 is 5.73 Å². The molecule has 0 aliphatic rings. The Labute approximate surface area is 162 Å². The highest BCUT2D eigenvalue weighted by Crippen LogP contribution is 2.34. The first kappa shape index (κ1) is 22.5. The van der Waals surface area contributed by atoms with Gasteiger partial charge < -0.3 is 15.2 Å². The molecular formula is C22H31NO4. The first-order chi connectivity index (χ1) is 12.7. The van der Waals surface area contributed by atoms with Crippen molar-refractivity contribution in [3.8, 4) is 0 Å². The third kappa shape index (κ3) is 6.93. The molecule has 0 heterocycles. The van der Waals surface area contributed by atoms with Gasteiger partial charge in [-0.15, -0.1) is 0 Å². The second-order valence-corrected chi connectivity index (χ2v) is 7.28. The van der Waals surface area contributed by atoms with Crippen molar-refractivity contribution in [1.29, 1.82) is 0 Å². The molecule has 0 atom stereocenters. The number of hydrogen-bond acceptors (Lipinski definition) is 5. The number of benzene rings is 1. The average molecular weight is 373 g/mol. The zero-order valence-corrected chi connectivity index (χ0v) is 17.0. The number of ether oxygens (including phenoxy) is 2. The molecule has 27 heavy (non-hydrogen) atoms. The summed E-state index contributed by atoms with van der Waals surface area (Å²) in [5.41, 5.74) is 7.62. The van der Waals surface area contributed by atoms with Gasteiger partial charge in [-0.1, -0.05) is 65.0 Å². The van der Waals surface area contributed by atoms with Crippen LogP contribution in [0.5, 0.6) is 0 Å². The van der Waals surface area contributed by atoms with Gasteiger partial charge in [0.05, 0.1) is 18.9 Å². The van der Waals surface area contributed by atoms with Crippen molar-refractivity contribution in [2.24, 2.45) is 11.1 Å². The fourth-order valence-corrected chi connectivity index (χ4v) is 2.43. The highest BCUT2D eigenvalue weighted by molar-refractivity contribution is 6.15. The first-order valence-corrected chi connectivity index (χ1v) is 9.33. The second kappa shape index (κ2) is 10.6. The third-order valence-corrected chi connectivity index (χ3v) is 3.76. The summed E-state index contributed by atoms with van der Waals surface area (Å²) in [4.78, 5) is 24.9. The number of carbonyl (C=O) groups excluding carboxylic acids is 2. The molecule has 0 bridgehead atoms. The Kier molecular flexibility index (Phi) is 8.79. The van der Waals surface area contributed by atoms with E-state index in [1.165, 1.54) is 0 Å². The van der Waals surface area contributed by atoms with E-state index < -0.39 is 11.9 Å². The van der Waals surface area contributed by atoms with E-state index in [4.69, 9.17) is 15.2 Å². The van der Waals surface area contributed by atoms with Crippen molar-refractivity contribution in [2.45, 2.75) is 47.5 Å². The highest BCUT2D eigenvalue weighted by atomic mass is 16.6. The van der Waals surface area contributed by atoms with E-state index in [-0.39, 0.29) is 29.9 Å². The highest BCUT2D eigenvalue weighted by Gasteiger charge is 2.26. The van der Waals surface area contributed by atoms with E-state index in [1.54, 1.807) is 6.08 Å². The Morgan fingerprint density at radius 2 is 1.44 bits per heavy atom. The van der Waals surface area contributed by atoms with E-state index in [2.05, 4.69) is 0 Å². The molecule has 0 saturated carbocycles. The summed E-state index contributed by atoms with van der Waals surface area (Å²) in [7, 11) is 0. The topological polar surface area (TPSA) is 78.6 Å². The normalized spacial score (nSPS) is 11.7. The Hall–Kier alpha value is -2.56. The van der Waals surface area contributed by atoms with Gasteiger partial charge in [0.1, 0.15) is 0 Å². The van der Waals surface area contributed by atoms with Gasteiger partial charge in [-0.2, -0.15) is 0 Å². The minimum atomic E-state index is -0.756. The van der Waals surface area contributed by atoms with Crippen LogP contribution in [0.1, 0.15) is 53.0 Å². The van der Waals surface area contributed by atoms with Gasteiger partial charge in [0.2, 0.25) is 0 Å². The summed E-state index contributed by atoms with van der Waals surface area (Å²) in [6.07, 6.45) is 2.97. The van der Waals surface area contributed by atoms with Crippen molar-refractivity contribution in [2.75, 3.05) is 13.2 Å². The fraction of sp³-hybridized carbons (Fsp3) is 0.455. The van der Waals surface area contributed by atoms with Crippen LogP contribution >= 0.6 is 0 Å². The molecular weight excluding hydrogens is 342 g/mol. The Balaban J connectivity index is 3.44. The van der Waals surface area contributed by atoms with Gasteiger partial charge in [0.25, 0.3) is 0 Å². The minimum absolute atomic E-state index is 0.0472. The molecule has 0 unspecified atom stereocenters. The quantitative estimate of drug-likeness (QED) is 0.242. The molecule has 0 aliphatic heterocycles. The van der Waals surface area contributed by atoms with Crippen molar-refractivity contribution in [3.63, 3.8) is 0 Å². The van der Waals surface area contributed by atoms with Crippen LogP contribution in [0, 0.1) is 5.41 Å². The summed E-state index contributed by atoms with van der Waals surface area (Å²) < 4.78 is 10.3. The van der Waals surface area contributed by atoms with Crippen molar-refractivity contribution >= 4 is 17.5 Å². The van der Waals surface area contributed by atoms with Gasteiger partial charge >= 0.3 is 11.9 Å². The van der Waals surface area contributed by atoms with Crippen LogP contribution in [0.4, 0.5) is 0 Å². The van der Waals surface area contributed by atoms with Crippen molar-refractivity contribution < 1.29 is 19.1 Å². The lowest BCUT2D eigenvalue weighted by atomic mass is 9.81. The number of carbonyl (C=O) groups is 2. The number of hydrogen-bond donors (Lipinski definition) is 1. The molecule has 1 rings (SSSR count). The van der Waals surface area contributed by atoms with Crippen LogP contribution in [0.3, 0.4) is 0 Å². The van der Waals surface area contributed by atoms with E-state index >= 15 is 0 Å². The van der Waals surface area contributed by atoms with Gasteiger partial charge in [-0.3, -0.25) is 0 Å². The van der Waals surface area contributed by atoms with Gasteiger partial charge in [-0.25, -0.2) is 9.59 Å². The first-order valence-electron chi connectivity index (χ1n) is 9.33. The minimum Gasteiger partial charge on any atom is -0.462 e. The van der Waals surface area contributed by atoms with E-state index in [0.29, 0.717) is 12.8 Å². The zero-order chi connectivity index (χ0) is 20.4. The molecule has 2 N–H and O–H groups in total. The fourth-order valence-electron chi connectivity index (χ4n) is 2.43. The van der Waals surface area contributed by atoms with Gasteiger partial charge in [0.15, 0.2) is 5.57 Å². The van der Waals surface area contributed by atoms with E-state index in [0.717, 1.165) is 11.1 Å². The number of esters is 2. The van der Waals surface area contributed by atoms with Crippen LogP contribution in [0.25, 0.3) is 5.57 Å². The maximum absolute atomic E-state index is 12.4. The number of nitrogens with two attached hydrogens (primary N) is 1. The Morgan fingerprint density at radius 1 is 0.963 bits per heavy atom. The van der Waals surface area contributed by atoms with Crippen LogP contribution in [0.2, 0.25) is 0 Å². The largest absolute Gasteiger partial charge is 0.462 e. The van der Waals surface area contributed by atoms with Crippen LogP contribution in [-0.4, -0.2) is 25.2 Å². The van der Waals surface area contributed by atoms with Crippen LogP contribution in [-0.2, 0) is 19.1 Å². The molecule has 0 aromatic heterocycles. The second-order valence-electron chi connectivity index (χ2n) is 7.28. The molecule has 5 heteroatoms. The lowest BCUT2D eigenvalue weighted by molar-refractivity contribution is -0.147. The molecule has 1 aromatic rings. The lowest BCUT2D eigenvalue weighted by Gasteiger charge is -2.24. The molecule has 0 radical (unpaired) electrons. The third-order valence-electron chi connectivity index (χ3n) is 3.76. The molecule has 1 aromatic carbocycles.